The number of ether oxygens (including phenoxy) is 2. The van der Waals surface area contributed by atoms with Gasteiger partial charge in [-0.15, -0.1) is 0 Å². The molecule has 3 atom stereocenters. The maximum absolute atomic E-state index is 10.1. The van der Waals surface area contributed by atoms with Gasteiger partial charge in [-0.3, -0.25) is 0 Å². The van der Waals surface area contributed by atoms with Crippen molar-refractivity contribution in [3.63, 3.8) is 0 Å². The minimum atomic E-state index is -1.42. The third-order valence-electron chi connectivity index (χ3n) is 4.88. The van der Waals surface area contributed by atoms with E-state index in [-0.39, 0.29) is 5.92 Å². The Bertz CT molecular complexity index is 866. The number of methoxy groups -OCH3 is 1. The maximum Gasteiger partial charge on any atom is 0.240 e. The third-order valence-corrected chi connectivity index (χ3v) is 4.88. The number of hydrogen-bond donors (Lipinski definition) is 1. The summed E-state index contributed by atoms with van der Waals surface area (Å²) in [6.45, 7) is 0. The Balaban J connectivity index is 2.00. The van der Waals surface area contributed by atoms with Gasteiger partial charge in [0.05, 0.1) is 5.92 Å². The van der Waals surface area contributed by atoms with Crippen LogP contribution in [0.4, 0.5) is 0 Å². The first-order valence-corrected chi connectivity index (χ1v) is 8.52. The zero-order valence-electron chi connectivity index (χ0n) is 14.4. The van der Waals surface area contributed by atoms with E-state index in [1.807, 2.05) is 84.9 Å². The highest BCUT2D eigenvalue weighted by Crippen LogP contribution is 2.53. The van der Waals surface area contributed by atoms with Gasteiger partial charge in [-0.05, 0) is 11.1 Å². The molecule has 4 heteroatoms. The molecule has 0 bridgehead atoms. The van der Waals surface area contributed by atoms with Crippen molar-refractivity contribution in [3.8, 4) is 0 Å². The molecule has 0 spiro atoms. The second-order valence-corrected chi connectivity index (χ2v) is 6.28. The highest BCUT2D eigenvalue weighted by atomic mass is 17.1. The van der Waals surface area contributed by atoms with Crippen LogP contribution in [0.15, 0.2) is 84.9 Å². The van der Waals surface area contributed by atoms with Crippen molar-refractivity contribution >= 4 is 0 Å². The molecular formula is C22H20O4. The minimum absolute atomic E-state index is 0.362. The van der Waals surface area contributed by atoms with E-state index in [9.17, 15) is 5.26 Å². The van der Waals surface area contributed by atoms with Crippen LogP contribution in [0.2, 0.25) is 0 Å². The predicted octanol–water partition coefficient (Wildman–Crippen LogP) is 4.84. The smallest absolute Gasteiger partial charge is 0.240 e. The zero-order chi connectivity index (χ0) is 18.0. The highest BCUT2D eigenvalue weighted by Gasteiger charge is 2.52. The van der Waals surface area contributed by atoms with Crippen LogP contribution in [0.1, 0.15) is 34.5 Å². The van der Waals surface area contributed by atoms with Crippen LogP contribution < -0.4 is 0 Å². The zero-order valence-corrected chi connectivity index (χ0v) is 14.4. The summed E-state index contributed by atoms with van der Waals surface area (Å²) in [5.74, 6) is -1.78. The Morgan fingerprint density at radius 1 is 0.808 bits per heavy atom. The standard InChI is InChI=1S/C22H20O4/c1-24-21-19-15-9-8-14-18(19)20(16-10-4-2-5-11-16)22(25-21,26-23)17-12-6-3-7-13-17/h2-15,20-21,23H,1H3/t20-,21?,22+/m0/s1. The molecule has 3 aromatic rings. The molecule has 0 aromatic heterocycles. The molecule has 1 aliphatic heterocycles. The van der Waals surface area contributed by atoms with Crippen molar-refractivity contribution in [2.24, 2.45) is 0 Å². The number of benzene rings is 3. The van der Waals surface area contributed by atoms with E-state index in [2.05, 4.69) is 0 Å². The first-order chi connectivity index (χ1) is 12.8. The number of rotatable bonds is 4. The lowest BCUT2D eigenvalue weighted by Crippen LogP contribution is -2.44. The second kappa shape index (κ2) is 7.02. The molecule has 0 aliphatic carbocycles. The van der Waals surface area contributed by atoms with Gasteiger partial charge < -0.3 is 9.47 Å². The quantitative estimate of drug-likeness (QED) is 0.541. The molecular weight excluding hydrogens is 328 g/mol. The van der Waals surface area contributed by atoms with Gasteiger partial charge in [0.25, 0.3) is 0 Å². The number of fused-ring (bicyclic) bond motifs is 1. The van der Waals surface area contributed by atoms with Crippen molar-refractivity contribution in [1.82, 2.24) is 0 Å². The van der Waals surface area contributed by atoms with E-state index in [1.165, 1.54) is 0 Å². The van der Waals surface area contributed by atoms with E-state index in [0.29, 0.717) is 5.56 Å². The molecule has 0 saturated heterocycles. The molecule has 4 rings (SSSR count). The normalized spacial score (nSPS) is 24.8. The molecule has 1 N–H and O–H groups in total. The predicted molar refractivity (Wildman–Crippen MR) is 97.4 cm³/mol. The molecule has 0 radical (unpaired) electrons. The van der Waals surface area contributed by atoms with Gasteiger partial charge in [-0.2, -0.15) is 4.89 Å². The van der Waals surface area contributed by atoms with Crippen LogP contribution in [0.25, 0.3) is 0 Å². The minimum Gasteiger partial charge on any atom is -0.352 e. The molecule has 26 heavy (non-hydrogen) atoms. The summed E-state index contributed by atoms with van der Waals surface area (Å²) in [7, 11) is 1.58. The molecule has 3 aromatic carbocycles. The highest BCUT2D eigenvalue weighted by molar-refractivity contribution is 5.45. The number of hydrogen-bond acceptors (Lipinski definition) is 4. The Labute approximate surface area is 152 Å². The summed E-state index contributed by atoms with van der Waals surface area (Å²) < 4.78 is 11.8. The van der Waals surface area contributed by atoms with Crippen LogP contribution in [0, 0.1) is 0 Å². The fourth-order valence-electron chi connectivity index (χ4n) is 3.74. The second-order valence-electron chi connectivity index (χ2n) is 6.28. The summed E-state index contributed by atoms with van der Waals surface area (Å²) in [6.07, 6.45) is -0.654. The van der Waals surface area contributed by atoms with Crippen LogP contribution in [-0.4, -0.2) is 12.4 Å². The van der Waals surface area contributed by atoms with Crippen LogP contribution >= 0.6 is 0 Å². The largest absolute Gasteiger partial charge is 0.352 e. The average Bonchev–Trinajstić information content (AvgIpc) is 2.73. The van der Waals surface area contributed by atoms with Crippen LogP contribution in [-0.2, 0) is 20.1 Å². The molecule has 0 amide bonds. The monoisotopic (exact) mass is 348 g/mol. The lowest BCUT2D eigenvalue weighted by Gasteiger charge is -2.45. The topological polar surface area (TPSA) is 47.9 Å². The molecule has 132 valence electrons. The molecule has 0 fully saturated rings. The van der Waals surface area contributed by atoms with Gasteiger partial charge >= 0.3 is 0 Å². The Hall–Kier alpha value is -2.50. The SMILES string of the molecule is COC1O[C@@](OO)(c2ccccc2)[C@@H](c2ccccc2)c2ccccc21. The summed E-state index contributed by atoms with van der Waals surface area (Å²) in [5, 5.41) is 10.1. The fraction of sp³-hybridized carbons (Fsp3) is 0.182. The summed E-state index contributed by atoms with van der Waals surface area (Å²) in [5.41, 5.74) is 3.61. The Morgan fingerprint density at radius 2 is 1.38 bits per heavy atom. The lowest BCUT2D eigenvalue weighted by atomic mass is 9.77. The molecule has 1 heterocycles. The van der Waals surface area contributed by atoms with Gasteiger partial charge in [0.1, 0.15) is 0 Å². The van der Waals surface area contributed by atoms with E-state index in [4.69, 9.17) is 14.4 Å². The Morgan fingerprint density at radius 3 is 2.00 bits per heavy atom. The van der Waals surface area contributed by atoms with E-state index in [1.54, 1.807) is 7.11 Å². The van der Waals surface area contributed by atoms with E-state index >= 15 is 0 Å². The first kappa shape index (κ1) is 16.9. The Kier molecular flexibility index (Phi) is 4.57. The van der Waals surface area contributed by atoms with E-state index in [0.717, 1.165) is 16.7 Å². The van der Waals surface area contributed by atoms with Crippen LogP contribution in [0.3, 0.4) is 0 Å². The van der Waals surface area contributed by atoms with Gasteiger partial charge in [0.15, 0.2) is 6.29 Å². The first-order valence-electron chi connectivity index (χ1n) is 8.52. The van der Waals surface area contributed by atoms with Gasteiger partial charge in [-0.25, -0.2) is 5.26 Å². The molecule has 0 saturated carbocycles. The third kappa shape index (κ3) is 2.64. The molecule has 1 unspecified atom stereocenters. The van der Waals surface area contributed by atoms with Crippen LogP contribution in [0.5, 0.6) is 0 Å². The summed E-state index contributed by atoms with van der Waals surface area (Å²) >= 11 is 0. The van der Waals surface area contributed by atoms with Gasteiger partial charge in [0.2, 0.25) is 5.79 Å². The van der Waals surface area contributed by atoms with Crippen molar-refractivity contribution in [1.29, 1.82) is 0 Å². The van der Waals surface area contributed by atoms with Gasteiger partial charge in [-0.1, -0.05) is 84.9 Å². The van der Waals surface area contributed by atoms with Gasteiger partial charge in [0, 0.05) is 18.2 Å². The van der Waals surface area contributed by atoms with Crippen molar-refractivity contribution < 1.29 is 19.6 Å². The van der Waals surface area contributed by atoms with Crippen molar-refractivity contribution in [2.45, 2.75) is 18.0 Å². The summed E-state index contributed by atoms with van der Waals surface area (Å²) in [6, 6.07) is 27.3. The molecule has 1 aliphatic rings. The molecule has 4 nitrogen and oxygen atoms in total. The lowest BCUT2D eigenvalue weighted by molar-refractivity contribution is -0.449. The average molecular weight is 348 g/mol. The fourth-order valence-corrected chi connectivity index (χ4v) is 3.74. The van der Waals surface area contributed by atoms with E-state index < -0.39 is 12.1 Å². The maximum atomic E-state index is 10.1. The summed E-state index contributed by atoms with van der Waals surface area (Å²) in [4.78, 5) is 5.12. The van der Waals surface area contributed by atoms with Crippen molar-refractivity contribution in [2.75, 3.05) is 7.11 Å². The van der Waals surface area contributed by atoms with Crippen molar-refractivity contribution in [3.05, 3.63) is 107 Å².